The molecule has 28 heavy (non-hydrogen) atoms. The van der Waals surface area contributed by atoms with Crippen molar-refractivity contribution in [2.75, 3.05) is 0 Å². The summed E-state index contributed by atoms with van der Waals surface area (Å²) >= 11 is 0. The van der Waals surface area contributed by atoms with Crippen molar-refractivity contribution < 1.29 is 13.2 Å². The third-order valence-corrected chi connectivity index (χ3v) is 5.76. The highest BCUT2D eigenvalue weighted by Crippen LogP contribution is 2.15. The molecule has 3 aromatic rings. The number of benzene rings is 3. The molecule has 0 fully saturated rings. The number of nitrogens with one attached hydrogen (secondary N) is 2. The molecular formula is C22H22N2O3S. The fourth-order valence-corrected chi connectivity index (χ4v) is 3.83. The lowest BCUT2D eigenvalue weighted by atomic mass is 10.1. The summed E-state index contributed by atoms with van der Waals surface area (Å²) in [6, 6.07) is 24.7. The van der Waals surface area contributed by atoms with E-state index in [2.05, 4.69) is 10.0 Å². The molecule has 1 unspecified atom stereocenters. The van der Waals surface area contributed by atoms with Crippen molar-refractivity contribution in [1.29, 1.82) is 0 Å². The highest BCUT2D eigenvalue weighted by Gasteiger charge is 2.17. The van der Waals surface area contributed by atoms with E-state index in [9.17, 15) is 13.2 Å². The summed E-state index contributed by atoms with van der Waals surface area (Å²) in [6.45, 7) is 2.07. The second-order valence-corrected chi connectivity index (χ2v) is 8.21. The average molecular weight is 394 g/mol. The van der Waals surface area contributed by atoms with Gasteiger partial charge in [0.15, 0.2) is 0 Å². The maximum Gasteiger partial charge on any atom is 0.251 e. The highest BCUT2D eigenvalue weighted by molar-refractivity contribution is 7.89. The Kier molecular flexibility index (Phi) is 6.23. The molecule has 0 aromatic heterocycles. The summed E-state index contributed by atoms with van der Waals surface area (Å²) in [4.78, 5) is 12.6. The number of amides is 1. The van der Waals surface area contributed by atoms with E-state index in [-0.39, 0.29) is 23.4 Å². The Morgan fingerprint density at radius 2 is 1.54 bits per heavy atom. The molecular weight excluding hydrogens is 372 g/mol. The second-order valence-electron chi connectivity index (χ2n) is 6.44. The average Bonchev–Trinajstić information content (AvgIpc) is 2.74. The Morgan fingerprint density at radius 1 is 0.893 bits per heavy atom. The van der Waals surface area contributed by atoms with Gasteiger partial charge in [-0.25, -0.2) is 13.1 Å². The molecule has 0 heterocycles. The molecule has 0 bridgehead atoms. The van der Waals surface area contributed by atoms with Crippen LogP contribution in [0.3, 0.4) is 0 Å². The number of carbonyl (C=O) groups excluding carboxylic acids is 1. The fraction of sp³-hybridized carbons (Fsp3) is 0.136. The van der Waals surface area contributed by atoms with E-state index < -0.39 is 10.0 Å². The SMILES string of the molecule is CC(NC(=O)c1cccc(S(=O)(=O)NCc2ccccc2)c1)c1ccccc1. The van der Waals surface area contributed by atoms with Crippen LogP contribution in [-0.4, -0.2) is 14.3 Å². The largest absolute Gasteiger partial charge is 0.346 e. The summed E-state index contributed by atoms with van der Waals surface area (Å²) in [7, 11) is -3.73. The van der Waals surface area contributed by atoms with Crippen LogP contribution in [-0.2, 0) is 16.6 Å². The Morgan fingerprint density at radius 3 is 2.21 bits per heavy atom. The van der Waals surface area contributed by atoms with Crippen LogP contribution < -0.4 is 10.0 Å². The molecule has 0 aliphatic heterocycles. The van der Waals surface area contributed by atoms with Gasteiger partial charge in [0, 0.05) is 12.1 Å². The summed E-state index contributed by atoms with van der Waals surface area (Å²) in [5.41, 5.74) is 2.13. The lowest BCUT2D eigenvalue weighted by molar-refractivity contribution is 0.0939. The predicted molar refractivity (Wildman–Crippen MR) is 109 cm³/mol. The zero-order chi connectivity index (χ0) is 20.0. The van der Waals surface area contributed by atoms with Gasteiger partial charge in [0.2, 0.25) is 10.0 Å². The van der Waals surface area contributed by atoms with Gasteiger partial charge in [0.25, 0.3) is 5.91 Å². The highest BCUT2D eigenvalue weighted by atomic mass is 32.2. The van der Waals surface area contributed by atoms with Crippen LogP contribution >= 0.6 is 0 Å². The van der Waals surface area contributed by atoms with Gasteiger partial charge in [0.1, 0.15) is 0 Å². The normalized spacial score (nSPS) is 12.3. The van der Waals surface area contributed by atoms with E-state index in [0.29, 0.717) is 5.56 Å². The van der Waals surface area contributed by atoms with E-state index in [1.54, 1.807) is 12.1 Å². The zero-order valence-corrected chi connectivity index (χ0v) is 16.3. The van der Waals surface area contributed by atoms with Gasteiger partial charge < -0.3 is 5.32 Å². The third kappa shape index (κ3) is 5.06. The number of rotatable bonds is 7. The molecule has 0 saturated carbocycles. The maximum absolute atomic E-state index is 12.6. The number of carbonyl (C=O) groups is 1. The van der Waals surface area contributed by atoms with Crippen molar-refractivity contribution in [3.8, 4) is 0 Å². The van der Waals surface area contributed by atoms with Gasteiger partial charge in [-0.05, 0) is 36.2 Å². The summed E-state index contributed by atoms with van der Waals surface area (Å²) in [5, 5.41) is 2.89. The Bertz CT molecular complexity index is 1040. The van der Waals surface area contributed by atoms with E-state index in [0.717, 1.165) is 11.1 Å². The fourth-order valence-electron chi connectivity index (χ4n) is 2.77. The molecule has 0 aliphatic rings. The lowest BCUT2D eigenvalue weighted by Crippen LogP contribution is -2.27. The molecule has 0 aliphatic carbocycles. The monoisotopic (exact) mass is 394 g/mol. The number of hydrogen-bond donors (Lipinski definition) is 2. The first-order valence-corrected chi connectivity index (χ1v) is 10.4. The van der Waals surface area contributed by atoms with Crippen molar-refractivity contribution in [1.82, 2.24) is 10.0 Å². The summed E-state index contributed by atoms with van der Waals surface area (Å²) in [6.07, 6.45) is 0. The van der Waals surface area contributed by atoms with Crippen LogP contribution in [0.15, 0.2) is 89.8 Å². The standard InChI is InChI=1S/C22H22N2O3S/c1-17(19-11-6-3-7-12-19)24-22(25)20-13-8-14-21(15-20)28(26,27)23-16-18-9-4-2-5-10-18/h2-15,17,23H,16H2,1H3,(H,24,25). The topological polar surface area (TPSA) is 75.3 Å². The minimum absolute atomic E-state index is 0.0587. The molecule has 3 aromatic carbocycles. The predicted octanol–water partition coefficient (Wildman–Crippen LogP) is 3.66. The van der Waals surface area contributed by atoms with Crippen LogP contribution in [0.5, 0.6) is 0 Å². The van der Waals surface area contributed by atoms with Gasteiger partial charge >= 0.3 is 0 Å². The van der Waals surface area contributed by atoms with Crippen molar-refractivity contribution in [3.63, 3.8) is 0 Å². The smallest absolute Gasteiger partial charge is 0.251 e. The maximum atomic E-state index is 12.6. The third-order valence-electron chi connectivity index (χ3n) is 4.36. The first-order valence-electron chi connectivity index (χ1n) is 8.95. The number of hydrogen-bond acceptors (Lipinski definition) is 3. The zero-order valence-electron chi connectivity index (χ0n) is 15.5. The molecule has 1 atom stereocenters. The van der Waals surface area contributed by atoms with Crippen LogP contribution in [0.4, 0.5) is 0 Å². The minimum atomic E-state index is -3.73. The van der Waals surface area contributed by atoms with Crippen molar-refractivity contribution >= 4 is 15.9 Å². The molecule has 5 nitrogen and oxygen atoms in total. The van der Waals surface area contributed by atoms with Crippen molar-refractivity contribution in [2.45, 2.75) is 24.4 Å². The second kappa shape index (κ2) is 8.82. The molecule has 0 radical (unpaired) electrons. The Hall–Kier alpha value is -2.96. The molecule has 2 N–H and O–H groups in total. The van der Waals surface area contributed by atoms with Crippen molar-refractivity contribution in [3.05, 3.63) is 102 Å². The van der Waals surface area contributed by atoms with Crippen LogP contribution in [0, 0.1) is 0 Å². The molecule has 6 heteroatoms. The van der Waals surface area contributed by atoms with E-state index in [4.69, 9.17) is 0 Å². The van der Waals surface area contributed by atoms with Crippen molar-refractivity contribution in [2.24, 2.45) is 0 Å². The molecule has 3 rings (SSSR count). The van der Waals surface area contributed by atoms with Gasteiger partial charge in [-0.2, -0.15) is 0 Å². The van der Waals surface area contributed by atoms with Crippen LogP contribution in [0.1, 0.15) is 34.5 Å². The van der Waals surface area contributed by atoms with Gasteiger partial charge in [-0.15, -0.1) is 0 Å². The van der Waals surface area contributed by atoms with E-state index in [1.807, 2.05) is 67.6 Å². The molecule has 1 amide bonds. The molecule has 0 saturated heterocycles. The first kappa shape index (κ1) is 19.8. The lowest BCUT2D eigenvalue weighted by Gasteiger charge is -2.15. The number of sulfonamides is 1. The Labute approximate surface area is 165 Å². The van der Waals surface area contributed by atoms with Crippen LogP contribution in [0.25, 0.3) is 0 Å². The van der Waals surface area contributed by atoms with Crippen LogP contribution in [0.2, 0.25) is 0 Å². The first-order chi connectivity index (χ1) is 13.5. The van der Waals surface area contributed by atoms with E-state index >= 15 is 0 Å². The Balaban J connectivity index is 1.71. The summed E-state index contributed by atoms with van der Waals surface area (Å²) in [5.74, 6) is -0.323. The molecule has 0 spiro atoms. The van der Waals surface area contributed by atoms with Gasteiger partial charge in [-0.1, -0.05) is 66.7 Å². The molecule has 144 valence electrons. The van der Waals surface area contributed by atoms with E-state index in [1.165, 1.54) is 12.1 Å². The minimum Gasteiger partial charge on any atom is -0.346 e. The summed E-state index contributed by atoms with van der Waals surface area (Å²) < 4.78 is 27.7. The van der Waals surface area contributed by atoms with Gasteiger partial charge in [-0.3, -0.25) is 4.79 Å². The van der Waals surface area contributed by atoms with Gasteiger partial charge in [0.05, 0.1) is 10.9 Å². The quantitative estimate of drug-likeness (QED) is 0.642.